The summed E-state index contributed by atoms with van der Waals surface area (Å²) in [4.78, 5) is 0. The van der Waals surface area contributed by atoms with E-state index in [-0.39, 0.29) is 12.4 Å². The summed E-state index contributed by atoms with van der Waals surface area (Å²) >= 11 is 0. The predicted octanol–water partition coefficient (Wildman–Crippen LogP) is 3.43. The lowest BCUT2D eigenvalue weighted by atomic mass is 10.1. The van der Waals surface area contributed by atoms with Gasteiger partial charge in [-0.15, -0.1) is 12.4 Å². The molecule has 0 saturated carbocycles. The van der Waals surface area contributed by atoms with E-state index >= 15 is 0 Å². The average Bonchev–Trinajstić information content (AvgIpc) is 2.60. The Morgan fingerprint density at radius 2 is 0.875 bits per heavy atom. The second kappa shape index (κ2) is 9.90. The molecule has 0 aliphatic heterocycles. The number of benzene rings is 2. The van der Waals surface area contributed by atoms with E-state index < -0.39 is 0 Å². The molecule has 0 bridgehead atoms. The van der Waals surface area contributed by atoms with Gasteiger partial charge in [0.15, 0.2) is 0 Å². The number of hydrogen-bond donors (Lipinski definition) is 1. The van der Waals surface area contributed by atoms with Crippen molar-refractivity contribution in [3.05, 3.63) is 47.5 Å². The maximum atomic E-state index is 5.28. The Hall–Kier alpha value is -2.11. The Bertz CT molecular complexity index is 549. The molecule has 0 unspecified atom stereocenters. The van der Waals surface area contributed by atoms with E-state index in [1.807, 2.05) is 36.4 Å². The molecule has 2 rings (SSSR count). The maximum Gasteiger partial charge on any atom is 0.122 e. The lowest BCUT2D eigenvalue weighted by Gasteiger charge is -2.11. The zero-order chi connectivity index (χ0) is 16.7. The van der Waals surface area contributed by atoms with Gasteiger partial charge in [-0.3, -0.25) is 0 Å². The smallest absolute Gasteiger partial charge is 0.122 e. The topological polar surface area (TPSA) is 49.0 Å². The SMILES string of the molecule is COc1cc(CNCc2cc(OC)cc(OC)c2)cc(OC)c1.Cl. The minimum absolute atomic E-state index is 0. The molecule has 0 amide bonds. The van der Waals surface area contributed by atoms with E-state index in [0.717, 1.165) is 34.1 Å². The predicted molar refractivity (Wildman–Crippen MR) is 96.9 cm³/mol. The summed E-state index contributed by atoms with van der Waals surface area (Å²) in [5.41, 5.74) is 2.19. The van der Waals surface area contributed by atoms with Gasteiger partial charge in [-0.1, -0.05) is 0 Å². The van der Waals surface area contributed by atoms with Crippen molar-refractivity contribution in [2.45, 2.75) is 13.1 Å². The molecule has 0 fully saturated rings. The van der Waals surface area contributed by atoms with E-state index in [4.69, 9.17) is 18.9 Å². The second-order valence-electron chi connectivity index (χ2n) is 5.05. The molecule has 132 valence electrons. The molecule has 5 nitrogen and oxygen atoms in total. The van der Waals surface area contributed by atoms with E-state index in [0.29, 0.717) is 13.1 Å². The van der Waals surface area contributed by atoms with Crippen LogP contribution in [0.25, 0.3) is 0 Å². The molecular weight excluding hydrogens is 330 g/mol. The molecule has 0 aliphatic rings. The van der Waals surface area contributed by atoms with Crippen molar-refractivity contribution < 1.29 is 18.9 Å². The molecule has 2 aromatic carbocycles. The molecule has 2 aromatic rings. The molecule has 0 atom stereocenters. The first-order chi connectivity index (χ1) is 11.2. The highest BCUT2D eigenvalue weighted by atomic mass is 35.5. The lowest BCUT2D eigenvalue weighted by molar-refractivity contribution is 0.392. The molecule has 0 radical (unpaired) electrons. The molecule has 1 N–H and O–H groups in total. The van der Waals surface area contributed by atoms with E-state index in [2.05, 4.69) is 5.32 Å². The Labute approximate surface area is 149 Å². The van der Waals surface area contributed by atoms with Crippen molar-refractivity contribution in [2.75, 3.05) is 28.4 Å². The fraction of sp³-hybridized carbons (Fsp3) is 0.333. The largest absolute Gasteiger partial charge is 0.497 e. The van der Waals surface area contributed by atoms with Crippen LogP contribution in [0.4, 0.5) is 0 Å². The van der Waals surface area contributed by atoms with Gasteiger partial charge in [-0.05, 0) is 35.4 Å². The van der Waals surface area contributed by atoms with Crippen molar-refractivity contribution >= 4 is 12.4 Å². The van der Waals surface area contributed by atoms with Gasteiger partial charge < -0.3 is 24.3 Å². The van der Waals surface area contributed by atoms with Crippen LogP contribution in [-0.2, 0) is 13.1 Å². The Morgan fingerprint density at radius 1 is 0.583 bits per heavy atom. The summed E-state index contributed by atoms with van der Waals surface area (Å²) in [5.74, 6) is 3.13. The Morgan fingerprint density at radius 3 is 1.12 bits per heavy atom. The Kier molecular flexibility index (Phi) is 8.22. The normalized spacial score (nSPS) is 9.83. The number of ether oxygens (including phenoxy) is 4. The fourth-order valence-corrected chi connectivity index (χ4v) is 2.29. The van der Waals surface area contributed by atoms with Crippen LogP contribution in [0.2, 0.25) is 0 Å². The van der Waals surface area contributed by atoms with Crippen LogP contribution in [0.15, 0.2) is 36.4 Å². The standard InChI is InChI=1S/C18H23NO4.ClH/c1-20-15-5-13(6-16(9-15)21-2)11-19-12-14-7-17(22-3)10-18(8-14)23-4;/h5-10,19H,11-12H2,1-4H3;1H. The number of hydrogen-bond acceptors (Lipinski definition) is 5. The van der Waals surface area contributed by atoms with E-state index in [1.165, 1.54) is 0 Å². The molecule has 0 aromatic heterocycles. The molecule has 24 heavy (non-hydrogen) atoms. The minimum atomic E-state index is 0. The number of rotatable bonds is 8. The molecule has 0 spiro atoms. The van der Waals surface area contributed by atoms with Gasteiger partial charge >= 0.3 is 0 Å². The third kappa shape index (κ3) is 5.51. The van der Waals surface area contributed by atoms with Crippen LogP contribution >= 0.6 is 12.4 Å². The van der Waals surface area contributed by atoms with Gasteiger partial charge in [0.05, 0.1) is 28.4 Å². The number of nitrogens with one attached hydrogen (secondary N) is 1. The molecular formula is C18H24ClNO4. The van der Waals surface area contributed by atoms with Crippen molar-refractivity contribution in [2.24, 2.45) is 0 Å². The zero-order valence-corrected chi connectivity index (χ0v) is 15.2. The molecule has 0 heterocycles. The molecule has 6 heteroatoms. The van der Waals surface area contributed by atoms with Crippen LogP contribution in [-0.4, -0.2) is 28.4 Å². The summed E-state index contributed by atoms with van der Waals surface area (Å²) in [6.45, 7) is 1.40. The van der Waals surface area contributed by atoms with Gasteiger partial charge in [0.25, 0.3) is 0 Å². The fourth-order valence-electron chi connectivity index (χ4n) is 2.29. The summed E-state index contributed by atoms with van der Waals surface area (Å²) in [5, 5.41) is 3.40. The van der Waals surface area contributed by atoms with Crippen LogP contribution in [0, 0.1) is 0 Å². The summed E-state index contributed by atoms with van der Waals surface area (Å²) in [6.07, 6.45) is 0. The van der Waals surface area contributed by atoms with E-state index in [1.54, 1.807) is 28.4 Å². The van der Waals surface area contributed by atoms with Gasteiger partial charge in [0.1, 0.15) is 23.0 Å². The second-order valence-corrected chi connectivity index (χ2v) is 5.05. The van der Waals surface area contributed by atoms with Crippen LogP contribution in [0.5, 0.6) is 23.0 Å². The van der Waals surface area contributed by atoms with Gasteiger partial charge in [-0.25, -0.2) is 0 Å². The zero-order valence-electron chi connectivity index (χ0n) is 14.4. The van der Waals surface area contributed by atoms with Crippen LogP contribution in [0.1, 0.15) is 11.1 Å². The van der Waals surface area contributed by atoms with Crippen LogP contribution < -0.4 is 24.3 Å². The van der Waals surface area contributed by atoms with Gasteiger partial charge in [0, 0.05) is 25.2 Å². The van der Waals surface area contributed by atoms with E-state index in [9.17, 15) is 0 Å². The lowest BCUT2D eigenvalue weighted by Crippen LogP contribution is -2.13. The maximum absolute atomic E-state index is 5.28. The Balaban J connectivity index is 0.00000288. The highest BCUT2D eigenvalue weighted by Crippen LogP contribution is 2.24. The first-order valence-corrected chi connectivity index (χ1v) is 7.33. The number of methoxy groups -OCH3 is 4. The van der Waals surface area contributed by atoms with Crippen molar-refractivity contribution in [1.82, 2.24) is 5.32 Å². The first kappa shape index (κ1) is 19.9. The highest BCUT2D eigenvalue weighted by Gasteiger charge is 2.04. The minimum Gasteiger partial charge on any atom is -0.497 e. The third-order valence-corrected chi connectivity index (χ3v) is 3.48. The number of halogens is 1. The van der Waals surface area contributed by atoms with Gasteiger partial charge in [0.2, 0.25) is 0 Å². The van der Waals surface area contributed by atoms with Crippen molar-refractivity contribution in [3.63, 3.8) is 0 Å². The third-order valence-electron chi connectivity index (χ3n) is 3.48. The first-order valence-electron chi connectivity index (χ1n) is 7.33. The molecule has 0 aliphatic carbocycles. The van der Waals surface area contributed by atoms with Crippen molar-refractivity contribution in [1.29, 1.82) is 0 Å². The summed E-state index contributed by atoms with van der Waals surface area (Å²) in [7, 11) is 6.59. The van der Waals surface area contributed by atoms with Crippen LogP contribution in [0.3, 0.4) is 0 Å². The average molecular weight is 354 g/mol. The monoisotopic (exact) mass is 353 g/mol. The quantitative estimate of drug-likeness (QED) is 0.787. The summed E-state index contributed by atoms with van der Waals surface area (Å²) in [6, 6.07) is 11.7. The van der Waals surface area contributed by atoms with Crippen molar-refractivity contribution in [3.8, 4) is 23.0 Å². The van der Waals surface area contributed by atoms with Gasteiger partial charge in [-0.2, -0.15) is 0 Å². The summed E-state index contributed by atoms with van der Waals surface area (Å²) < 4.78 is 21.1. The molecule has 0 saturated heterocycles. The highest BCUT2D eigenvalue weighted by molar-refractivity contribution is 5.85.